The summed E-state index contributed by atoms with van der Waals surface area (Å²) in [5.74, 6) is -0.714. The van der Waals surface area contributed by atoms with E-state index in [0.29, 0.717) is 40.4 Å². The molecule has 1 aliphatic heterocycles. The maximum absolute atomic E-state index is 13.5. The molecule has 0 bridgehead atoms. The Kier molecular flexibility index (Phi) is 9.27. The van der Waals surface area contributed by atoms with Crippen molar-refractivity contribution < 1.29 is 34.1 Å². The number of halogens is 1. The van der Waals surface area contributed by atoms with Gasteiger partial charge in [-0.25, -0.2) is 0 Å². The summed E-state index contributed by atoms with van der Waals surface area (Å²) in [6, 6.07) is 9.36. The van der Waals surface area contributed by atoms with Gasteiger partial charge in [-0.1, -0.05) is 37.1 Å². The number of aliphatic hydroxyl groups is 2. The van der Waals surface area contributed by atoms with Crippen LogP contribution in [0.15, 0.2) is 48.0 Å². The number of unbranched alkanes of at least 4 members (excludes halogenated alkanes) is 1. The van der Waals surface area contributed by atoms with Gasteiger partial charge in [-0.3, -0.25) is 14.4 Å². The van der Waals surface area contributed by atoms with Crippen LogP contribution in [0.4, 0.5) is 0 Å². The van der Waals surface area contributed by atoms with E-state index < -0.39 is 30.1 Å². The van der Waals surface area contributed by atoms with Crippen LogP contribution in [0.25, 0.3) is 0 Å². The van der Waals surface area contributed by atoms with Crippen molar-refractivity contribution in [1.29, 1.82) is 0 Å². The highest BCUT2D eigenvalue weighted by atomic mass is 35.5. The molecule has 0 fully saturated rings. The van der Waals surface area contributed by atoms with E-state index >= 15 is 0 Å². The number of nitrogens with one attached hydrogen (secondary N) is 1. The number of hydrogen-bond acceptors (Lipinski definition) is 7. The van der Waals surface area contributed by atoms with Crippen LogP contribution in [0, 0.1) is 0 Å². The van der Waals surface area contributed by atoms with Crippen molar-refractivity contribution in [1.82, 2.24) is 10.2 Å². The number of carbonyl (C=O) groups excluding carboxylic acids is 3. The summed E-state index contributed by atoms with van der Waals surface area (Å²) in [5.41, 5.74) is 1.95. The standard InChI is InChI=1S/C29H33ClN2O7/c1-3-4-5-24(35)32(15-17-6-8-19(30)9-7-17)22-14-21(29(37)31-10-11-33)25-20-12-18(16-34)13-23(38-2)27(20)39-28(25)26(22)36/h6-9,12-14,16,22,25-26,28,33,36H,3-5,10-11,15H2,1-2H3,(H,31,37). The Morgan fingerprint density at radius 2 is 1.97 bits per heavy atom. The summed E-state index contributed by atoms with van der Waals surface area (Å²) in [6.45, 7) is 1.95. The van der Waals surface area contributed by atoms with E-state index in [1.807, 2.05) is 19.1 Å². The number of aldehydes is 1. The molecular formula is C29H33ClN2O7. The molecule has 39 heavy (non-hydrogen) atoms. The van der Waals surface area contributed by atoms with Crippen LogP contribution in [0.1, 0.15) is 53.6 Å². The van der Waals surface area contributed by atoms with Crippen LogP contribution in [0.3, 0.4) is 0 Å². The molecule has 2 aromatic carbocycles. The van der Waals surface area contributed by atoms with Crippen molar-refractivity contribution in [2.24, 2.45) is 0 Å². The monoisotopic (exact) mass is 556 g/mol. The molecule has 0 saturated carbocycles. The Hall–Kier alpha value is -3.40. The molecule has 2 amide bonds. The molecule has 4 unspecified atom stereocenters. The second kappa shape index (κ2) is 12.6. The zero-order valence-corrected chi connectivity index (χ0v) is 22.7. The summed E-state index contributed by atoms with van der Waals surface area (Å²) < 4.78 is 11.7. The van der Waals surface area contributed by atoms with Crippen LogP contribution < -0.4 is 14.8 Å². The van der Waals surface area contributed by atoms with Crippen molar-refractivity contribution in [3.63, 3.8) is 0 Å². The molecule has 0 radical (unpaired) electrons. The normalized spacial score (nSPS) is 21.2. The number of hydrogen-bond donors (Lipinski definition) is 3. The number of aliphatic hydroxyl groups excluding tert-OH is 2. The van der Waals surface area contributed by atoms with E-state index in [4.69, 9.17) is 21.1 Å². The zero-order chi connectivity index (χ0) is 28.1. The van der Waals surface area contributed by atoms with Gasteiger partial charge in [0.15, 0.2) is 11.5 Å². The number of carbonyl (C=O) groups is 3. The van der Waals surface area contributed by atoms with Gasteiger partial charge in [0.25, 0.3) is 0 Å². The van der Waals surface area contributed by atoms with Gasteiger partial charge >= 0.3 is 0 Å². The Balaban J connectivity index is 1.80. The molecule has 0 aromatic heterocycles. The predicted octanol–water partition coefficient (Wildman–Crippen LogP) is 3.00. The van der Waals surface area contributed by atoms with E-state index in [-0.39, 0.29) is 37.6 Å². The van der Waals surface area contributed by atoms with Crippen LogP contribution in [0.2, 0.25) is 5.02 Å². The first-order valence-electron chi connectivity index (χ1n) is 13.0. The molecule has 208 valence electrons. The lowest BCUT2D eigenvalue weighted by molar-refractivity contribution is -0.138. The third kappa shape index (κ3) is 5.95. The highest BCUT2D eigenvalue weighted by Crippen LogP contribution is 2.51. The fourth-order valence-electron chi connectivity index (χ4n) is 5.18. The van der Waals surface area contributed by atoms with Crippen LogP contribution in [-0.2, 0) is 16.1 Å². The molecule has 4 atom stereocenters. The van der Waals surface area contributed by atoms with Gasteiger partial charge in [-0.05, 0) is 42.3 Å². The molecule has 2 aromatic rings. The van der Waals surface area contributed by atoms with E-state index in [2.05, 4.69) is 5.32 Å². The van der Waals surface area contributed by atoms with Crippen LogP contribution >= 0.6 is 11.6 Å². The lowest BCUT2D eigenvalue weighted by Crippen LogP contribution is -2.55. The number of methoxy groups -OCH3 is 1. The topological polar surface area (TPSA) is 125 Å². The van der Waals surface area contributed by atoms with Gasteiger partial charge in [0.05, 0.1) is 25.7 Å². The number of nitrogens with zero attached hydrogens (tertiary/aromatic N) is 1. The molecule has 9 nitrogen and oxygen atoms in total. The number of benzene rings is 2. The van der Waals surface area contributed by atoms with E-state index in [9.17, 15) is 24.6 Å². The minimum Gasteiger partial charge on any atom is -0.493 e. The lowest BCUT2D eigenvalue weighted by Gasteiger charge is -2.41. The summed E-state index contributed by atoms with van der Waals surface area (Å²) in [5, 5.41) is 24.2. The number of fused-ring (bicyclic) bond motifs is 3. The zero-order valence-electron chi connectivity index (χ0n) is 21.9. The average Bonchev–Trinajstić information content (AvgIpc) is 3.34. The average molecular weight is 557 g/mol. The first-order chi connectivity index (χ1) is 18.8. The van der Waals surface area contributed by atoms with E-state index in [0.717, 1.165) is 12.0 Å². The minimum atomic E-state index is -1.20. The van der Waals surface area contributed by atoms with Gasteiger partial charge in [0, 0.05) is 41.2 Å². The molecule has 0 spiro atoms. The number of amides is 2. The second-order valence-electron chi connectivity index (χ2n) is 9.65. The maximum Gasteiger partial charge on any atom is 0.247 e. The third-order valence-electron chi connectivity index (χ3n) is 7.10. The smallest absolute Gasteiger partial charge is 0.247 e. The molecule has 3 N–H and O–H groups in total. The highest BCUT2D eigenvalue weighted by Gasteiger charge is 2.51. The molecule has 10 heteroatoms. The fraction of sp³-hybridized carbons (Fsp3) is 0.414. The Morgan fingerprint density at radius 1 is 1.23 bits per heavy atom. The van der Waals surface area contributed by atoms with Crippen molar-refractivity contribution in [2.75, 3.05) is 20.3 Å². The lowest BCUT2D eigenvalue weighted by atomic mass is 9.77. The Labute approximate surface area is 232 Å². The van der Waals surface area contributed by atoms with Crippen LogP contribution in [0.5, 0.6) is 11.5 Å². The van der Waals surface area contributed by atoms with Crippen molar-refractivity contribution in [3.05, 3.63) is 69.8 Å². The Bertz CT molecular complexity index is 1250. The van der Waals surface area contributed by atoms with E-state index in [1.54, 1.807) is 29.2 Å². The summed E-state index contributed by atoms with van der Waals surface area (Å²) >= 11 is 6.06. The SMILES string of the molecule is CCCCC(=O)N(Cc1ccc(Cl)cc1)C1C=C(C(=O)NCCO)C2c3cc(C=O)cc(OC)c3OC2C1O. The van der Waals surface area contributed by atoms with Crippen LogP contribution in [-0.4, -0.2) is 71.7 Å². The van der Waals surface area contributed by atoms with Gasteiger partial charge < -0.3 is 29.9 Å². The van der Waals surface area contributed by atoms with Crippen molar-refractivity contribution >= 4 is 29.7 Å². The minimum absolute atomic E-state index is 0.0239. The molecular weight excluding hydrogens is 524 g/mol. The molecule has 1 aliphatic carbocycles. The number of rotatable bonds is 11. The highest BCUT2D eigenvalue weighted by molar-refractivity contribution is 6.30. The maximum atomic E-state index is 13.5. The first-order valence-corrected chi connectivity index (χ1v) is 13.4. The summed E-state index contributed by atoms with van der Waals surface area (Å²) in [7, 11) is 1.44. The largest absolute Gasteiger partial charge is 0.493 e. The first kappa shape index (κ1) is 28.6. The molecule has 4 rings (SSSR count). The number of ether oxygens (including phenoxy) is 2. The molecule has 2 aliphatic rings. The van der Waals surface area contributed by atoms with Gasteiger partial charge in [0.1, 0.15) is 18.5 Å². The molecule has 0 saturated heterocycles. The van der Waals surface area contributed by atoms with E-state index in [1.165, 1.54) is 13.2 Å². The van der Waals surface area contributed by atoms with Crippen molar-refractivity contribution in [2.45, 2.75) is 56.9 Å². The fourth-order valence-corrected chi connectivity index (χ4v) is 5.30. The third-order valence-corrected chi connectivity index (χ3v) is 7.35. The summed E-state index contributed by atoms with van der Waals surface area (Å²) in [6.07, 6.45) is 1.93. The van der Waals surface area contributed by atoms with Gasteiger partial charge in [-0.2, -0.15) is 0 Å². The summed E-state index contributed by atoms with van der Waals surface area (Å²) in [4.78, 5) is 40.1. The Morgan fingerprint density at radius 3 is 2.62 bits per heavy atom. The van der Waals surface area contributed by atoms with Gasteiger partial charge in [-0.15, -0.1) is 0 Å². The second-order valence-corrected chi connectivity index (χ2v) is 10.1. The quantitative estimate of drug-likeness (QED) is 0.363. The predicted molar refractivity (Wildman–Crippen MR) is 145 cm³/mol. The molecule has 1 heterocycles. The van der Waals surface area contributed by atoms with Crippen molar-refractivity contribution in [3.8, 4) is 11.5 Å². The van der Waals surface area contributed by atoms with Gasteiger partial charge in [0.2, 0.25) is 11.8 Å².